The number of methoxy groups -OCH3 is 2. The number of likely N-dealkylation sites (tertiary alicyclic amines) is 1. The predicted octanol–water partition coefficient (Wildman–Crippen LogP) is 3.29. The van der Waals surface area contributed by atoms with Crippen LogP contribution in [0.1, 0.15) is 34.3 Å². The van der Waals surface area contributed by atoms with Crippen LogP contribution in [0.15, 0.2) is 48.5 Å². The zero-order chi connectivity index (χ0) is 22.9. The predicted molar refractivity (Wildman–Crippen MR) is 120 cm³/mol. The van der Waals surface area contributed by atoms with Crippen molar-refractivity contribution in [2.24, 2.45) is 0 Å². The van der Waals surface area contributed by atoms with Crippen LogP contribution in [0.4, 0.5) is 4.39 Å². The number of carbonyl (C=O) groups excluding carboxylic acids is 2. The van der Waals surface area contributed by atoms with E-state index in [0.717, 1.165) is 43.6 Å². The Balaban J connectivity index is 1.55. The molecule has 0 N–H and O–H groups in total. The van der Waals surface area contributed by atoms with Gasteiger partial charge in [0.25, 0.3) is 0 Å². The van der Waals surface area contributed by atoms with Crippen molar-refractivity contribution in [2.45, 2.75) is 31.8 Å². The van der Waals surface area contributed by atoms with Crippen LogP contribution in [0.3, 0.4) is 0 Å². The van der Waals surface area contributed by atoms with Crippen molar-refractivity contribution in [1.29, 1.82) is 0 Å². The second-order valence-electron chi connectivity index (χ2n) is 8.08. The summed E-state index contributed by atoms with van der Waals surface area (Å²) in [5.41, 5.74) is 2.50. The lowest BCUT2D eigenvalue weighted by Gasteiger charge is -2.38. The van der Waals surface area contributed by atoms with Crippen LogP contribution < -0.4 is 0 Å². The second kappa shape index (κ2) is 11.7. The first-order chi connectivity index (χ1) is 15.5. The van der Waals surface area contributed by atoms with Gasteiger partial charge in [-0.15, -0.1) is 0 Å². The van der Waals surface area contributed by atoms with Crippen molar-refractivity contribution in [1.82, 2.24) is 9.80 Å². The lowest BCUT2D eigenvalue weighted by atomic mass is 10.0. The lowest BCUT2D eigenvalue weighted by Crippen LogP contribution is -2.48. The maximum absolute atomic E-state index is 13.2. The standard InChI is InChI=1S/C25H31FN2O4/c1-31-16-15-28(24(29)17-19-5-9-22(26)10-6-19)23-11-13-27(14-12-23)18-20-3-7-21(8-4-20)25(30)32-2/h3-10,23H,11-18H2,1-2H3. The molecule has 32 heavy (non-hydrogen) atoms. The Labute approximate surface area is 188 Å². The molecule has 1 aliphatic heterocycles. The Kier molecular flexibility index (Phi) is 8.76. The summed E-state index contributed by atoms with van der Waals surface area (Å²) < 4.78 is 23.1. The molecule has 0 radical (unpaired) electrons. The van der Waals surface area contributed by atoms with E-state index in [1.165, 1.54) is 19.2 Å². The van der Waals surface area contributed by atoms with Crippen LogP contribution in [-0.4, -0.2) is 68.2 Å². The van der Waals surface area contributed by atoms with Crippen LogP contribution in [0.25, 0.3) is 0 Å². The zero-order valence-electron chi connectivity index (χ0n) is 18.8. The summed E-state index contributed by atoms with van der Waals surface area (Å²) in [5, 5.41) is 0. The monoisotopic (exact) mass is 442 g/mol. The Morgan fingerprint density at radius 1 is 1.00 bits per heavy atom. The van der Waals surface area contributed by atoms with E-state index in [-0.39, 0.29) is 30.2 Å². The van der Waals surface area contributed by atoms with Gasteiger partial charge in [-0.25, -0.2) is 9.18 Å². The normalized spacial score (nSPS) is 14.8. The lowest BCUT2D eigenvalue weighted by molar-refractivity contribution is -0.134. The van der Waals surface area contributed by atoms with Gasteiger partial charge in [0.2, 0.25) is 5.91 Å². The van der Waals surface area contributed by atoms with Gasteiger partial charge in [-0.05, 0) is 48.2 Å². The fourth-order valence-electron chi connectivity index (χ4n) is 4.09. The molecule has 0 spiro atoms. The van der Waals surface area contributed by atoms with Gasteiger partial charge in [0.1, 0.15) is 5.82 Å². The molecule has 2 aromatic rings. The van der Waals surface area contributed by atoms with Gasteiger partial charge in [0.15, 0.2) is 0 Å². The third-order valence-corrected chi connectivity index (χ3v) is 5.90. The molecule has 7 heteroatoms. The minimum Gasteiger partial charge on any atom is -0.465 e. The first-order valence-corrected chi connectivity index (χ1v) is 10.9. The second-order valence-corrected chi connectivity index (χ2v) is 8.08. The molecular weight excluding hydrogens is 411 g/mol. The molecule has 1 fully saturated rings. The van der Waals surface area contributed by atoms with Crippen LogP contribution in [0.2, 0.25) is 0 Å². The summed E-state index contributed by atoms with van der Waals surface area (Å²) in [6.45, 7) is 3.61. The van der Waals surface area contributed by atoms with Gasteiger partial charge in [0.05, 0.1) is 25.7 Å². The summed E-state index contributed by atoms with van der Waals surface area (Å²) in [7, 11) is 3.01. The number of ether oxygens (including phenoxy) is 2. The largest absolute Gasteiger partial charge is 0.465 e. The van der Waals surface area contributed by atoms with E-state index < -0.39 is 0 Å². The van der Waals surface area contributed by atoms with Crippen molar-refractivity contribution < 1.29 is 23.5 Å². The number of nitrogens with zero attached hydrogens (tertiary/aromatic N) is 2. The average molecular weight is 443 g/mol. The van der Waals surface area contributed by atoms with E-state index in [0.29, 0.717) is 18.7 Å². The molecule has 1 saturated heterocycles. The minimum absolute atomic E-state index is 0.0468. The Morgan fingerprint density at radius 3 is 2.22 bits per heavy atom. The quantitative estimate of drug-likeness (QED) is 0.558. The number of carbonyl (C=O) groups is 2. The van der Waals surface area contributed by atoms with Crippen LogP contribution >= 0.6 is 0 Å². The van der Waals surface area contributed by atoms with E-state index in [2.05, 4.69) is 4.90 Å². The zero-order valence-corrected chi connectivity index (χ0v) is 18.8. The molecule has 6 nitrogen and oxygen atoms in total. The third-order valence-electron chi connectivity index (χ3n) is 5.90. The van der Waals surface area contributed by atoms with E-state index in [9.17, 15) is 14.0 Å². The van der Waals surface area contributed by atoms with Gasteiger partial charge in [0, 0.05) is 39.3 Å². The molecule has 0 bridgehead atoms. The molecule has 0 aromatic heterocycles. The first-order valence-electron chi connectivity index (χ1n) is 10.9. The fraction of sp³-hybridized carbons (Fsp3) is 0.440. The number of benzene rings is 2. The van der Waals surface area contributed by atoms with E-state index in [1.54, 1.807) is 31.4 Å². The summed E-state index contributed by atoms with van der Waals surface area (Å²) in [6.07, 6.45) is 2.04. The number of rotatable bonds is 9. The highest BCUT2D eigenvalue weighted by Gasteiger charge is 2.27. The van der Waals surface area contributed by atoms with Crippen LogP contribution in [0, 0.1) is 5.82 Å². The number of hydrogen-bond acceptors (Lipinski definition) is 5. The SMILES string of the molecule is COCCN(C(=O)Cc1ccc(F)cc1)C1CCN(Cc2ccc(C(=O)OC)cc2)CC1. The highest BCUT2D eigenvalue weighted by atomic mass is 19.1. The Morgan fingerprint density at radius 2 is 1.62 bits per heavy atom. The average Bonchev–Trinajstić information content (AvgIpc) is 2.82. The van der Waals surface area contributed by atoms with E-state index in [4.69, 9.17) is 9.47 Å². The van der Waals surface area contributed by atoms with Crippen molar-refractivity contribution >= 4 is 11.9 Å². The van der Waals surface area contributed by atoms with Crippen molar-refractivity contribution in [3.05, 3.63) is 71.0 Å². The number of halogens is 1. The number of amides is 1. The van der Waals surface area contributed by atoms with Gasteiger partial charge < -0.3 is 14.4 Å². The first kappa shape index (κ1) is 23.9. The molecule has 0 aliphatic carbocycles. The summed E-state index contributed by atoms with van der Waals surface area (Å²) in [5.74, 6) is -0.589. The molecule has 1 heterocycles. The Hall–Kier alpha value is -2.77. The summed E-state index contributed by atoms with van der Waals surface area (Å²) in [6, 6.07) is 13.7. The number of esters is 1. The fourth-order valence-corrected chi connectivity index (χ4v) is 4.09. The third kappa shape index (κ3) is 6.61. The molecule has 0 atom stereocenters. The maximum Gasteiger partial charge on any atom is 0.337 e. The molecule has 1 aliphatic rings. The van der Waals surface area contributed by atoms with Crippen LogP contribution in [-0.2, 0) is 27.2 Å². The highest BCUT2D eigenvalue weighted by molar-refractivity contribution is 5.89. The molecule has 2 aromatic carbocycles. The minimum atomic E-state index is -0.334. The van der Waals surface area contributed by atoms with Gasteiger partial charge in [-0.1, -0.05) is 24.3 Å². The molecule has 1 amide bonds. The van der Waals surface area contributed by atoms with Crippen LogP contribution in [0.5, 0.6) is 0 Å². The molecular formula is C25H31FN2O4. The van der Waals surface area contributed by atoms with E-state index >= 15 is 0 Å². The van der Waals surface area contributed by atoms with E-state index in [1.807, 2.05) is 17.0 Å². The molecule has 0 unspecified atom stereocenters. The topological polar surface area (TPSA) is 59.1 Å². The summed E-state index contributed by atoms with van der Waals surface area (Å²) >= 11 is 0. The summed E-state index contributed by atoms with van der Waals surface area (Å²) in [4.78, 5) is 28.9. The smallest absolute Gasteiger partial charge is 0.337 e. The number of hydrogen-bond donors (Lipinski definition) is 0. The molecule has 172 valence electrons. The van der Waals surface area contributed by atoms with Gasteiger partial charge in [-0.2, -0.15) is 0 Å². The van der Waals surface area contributed by atoms with Crippen molar-refractivity contribution in [3.8, 4) is 0 Å². The van der Waals surface area contributed by atoms with Gasteiger partial charge in [-0.3, -0.25) is 9.69 Å². The van der Waals surface area contributed by atoms with Gasteiger partial charge >= 0.3 is 5.97 Å². The number of piperidine rings is 1. The maximum atomic E-state index is 13.2. The Bertz CT molecular complexity index is 878. The molecule has 0 saturated carbocycles. The highest BCUT2D eigenvalue weighted by Crippen LogP contribution is 2.20. The van der Waals surface area contributed by atoms with Crippen molar-refractivity contribution in [2.75, 3.05) is 40.5 Å². The molecule has 3 rings (SSSR count). The van der Waals surface area contributed by atoms with Crippen molar-refractivity contribution in [3.63, 3.8) is 0 Å².